The molecule has 0 spiro atoms. The van der Waals surface area contributed by atoms with Gasteiger partial charge in [-0.1, -0.05) is 30.3 Å². The Morgan fingerprint density at radius 3 is 2.45 bits per heavy atom. The van der Waals surface area contributed by atoms with E-state index in [0.29, 0.717) is 0 Å². The summed E-state index contributed by atoms with van der Waals surface area (Å²) in [6, 6.07) is 15.2. The summed E-state index contributed by atoms with van der Waals surface area (Å²) in [6.07, 6.45) is 0. The van der Waals surface area contributed by atoms with Gasteiger partial charge in [-0.3, -0.25) is 0 Å². The van der Waals surface area contributed by atoms with Crippen LogP contribution in [0.1, 0.15) is 11.1 Å². The number of nitrogens with zero attached hydrogens (tertiary/aromatic N) is 1. The van der Waals surface area contributed by atoms with Crippen molar-refractivity contribution in [3.8, 4) is 11.8 Å². The quantitative estimate of drug-likeness (QED) is 0.814. The Kier molecular flexibility index (Phi) is 4.28. The van der Waals surface area contributed by atoms with Crippen molar-refractivity contribution < 1.29 is 13.2 Å². The summed E-state index contributed by atoms with van der Waals surface area (Å²) in [4.78, 5) is -0.152. The molecule has 0 heterocycles. The van der Waals surface area contributed by atoms with E-state index in [2.05, 4.69) is 0 Å². The molecule has 2 aromatic carbocycles. The van der Waals surface area contributed by atoms with Gasteiger partial charge < -0.3 is 4.74 Å². The van der Waals surface area contributed by atoms with Gasteiger partial charge in [0.05, 0.1) is 16.5 Å². The van der Waals surface area contributed by atoms with Crippen LogP contribution in [0.25, 0.3) is 0 Å². The Labute approximate surface area is 121 Å². The molecule has 20 heavy (non-hydrogen) atoms. The molecule has 0 fully saturated rings. The number of hydrogen-bond acceptors (Lipinski definition) is 4. The first-order valence-electron chi connectivity index (χ1n) is 5.65. The van der Waals surface area contributed by atoms with Crippen molar-refractivity contribution >= 4 is 19.7 Å². The zero-order valence-electron chi connectivity index (χ0n) is 10.3. The van der Waals surface area contributed by atoms with Gasteiger partial charge in [0, 0.05) is 16.7 Å². The number of hydrogen-bond donors (Lipinski definition) is 0. The van der Waals surface area contributed by atoms with Gasteiger partial charge in [-0.05, 0) is 17.7 Å². The van der Waals surface area contributed by atoms with Crippen LogP contribution in [0.15, 0.2) is 53.4 Å². The van der Waals surface area contributed by atoms with Crippen LogP contribution in [-0.2, 0) is 15.7 Å². The summed E-state index contributed by atoms with van der Waals surface area (Å²) in [5, 5.41) is 8.89. The number of halogens is 1. The minimum atomic E-state index is -3.90. The molecule has 0 unspecified atom stereocenters. The number of nitriles is 1. The molecule has 2 aromatic rings. The highest BCUT2D eigenvalue weighted by Crippen LogP contribution is 2.24. The van der Waals surface area contributed by atoms with E-state index in [-0.39, 0.29) is 22.8 Å². The standard InChI is InChI=1S/C14H10ClNO3S/c15-20(17,18)14-7-12(9-16)6-13(8-14)19-10-11-4-2-1-3-5-11/h1-8H,10H2. The molecule has 0 amide bonds. The highest BCUT2D eigenvalue weighted by atomic mass is 35.7. The van der Waals surface area contributed by atoms with Crippen LogP contribution in [-0.4, -0.2) is 8.42 Å². The van der Waals surface area contributed by atoms with Crippen LogP contribution in [0.3, 0.4) is 0 Å². The van der Waals surface area contributed by atoms with Gasteiger partial charge in [-0.2, -0.15) is 5.26 Å². The summed E-state index contributed by atoms with van der Waals surface area (Å²) in [5.41, 5.74) is 1.11. The van der Waals surface area contributed by atoms with Gasteiger partial charge in [-0.15, -0.1) is 0 Å². The summed E-state index contributed by atoms with van der Waals surface area (Å²) in [7, 11) is 1.38. The van der Waals surface area contributed by atoms with Gasteiger partial charge >= 0.3 is 0 Å². The van der Waals surface area contributed by atoms with Gasteiger partial charge in [0.2, 0.25) is 0 Å². The lowest BCUT2D eigenvalue weighted by Gasteiger charge is -2.08. The molecule has 6 heteroatoms. The highest BCUT2D eigenvalue weighted by Gasteiger charge is 2.13. The van der Waals surface area contributed by atoms with E-state index in [9.17, 15) is 8.42 Å². The maximum Gasteiger partial charge on any atom is 0.261 e. The Bertz CT molecular complexity index is 752. The first-order valence-corrected chi connectivity index (χ1v) is 7.96. The first kappa shape index (κ1) is 14.4. The minimum absolute atomic E-state index is 0.152. The largest absolute Gasteiger partial charge is 0.489 e. The van der Waals surface area contributed by atoms with E-state index in [1.807, 2.05) is 36.4 Å². The van der Waals surface area contributed by atoms with E-state index in [0.717, 1.165) is 5.56 Å². The molecule has 4 nitrogen and oxygen atoms in total. The first-order chi connectivity index (χ1) is 9.49. The van der Waals surface area contributed by atoms with Crippen LogP contribution in [0.2, 0.25) is 0 Å². The van der Waals surface area contributed by atoms with Crippen LogP contribution in [0, 0.1) is 11.3 Å². The topological polar surface area (TPSA) is 67.2 Å². The van der Waals surface area contributed by atoms with Crippen molar-refractivity contribution in [3.05, 3.63) is 59.7 Å². The van der Waals surface area contributed by atoms with Crippen molar-refractivity contribution in [2.45, 2.75) is 11.5 Å². The fourth-order valence-corrected chi connectivity index (χ4v) is 2.39. The fraction of sp³-hybridized carbons (Fsp3) is 0.0714. The third-order valence-corrected chi connectivity index (χ3v) is 3.87. The van der Waals surface area contributed by atoms with Crippen LogP contribution in [0.5, 0.6) is 5.75 Å². The molecule has 0 saturated heterocycles. The normalized spacial score (nSPS) is 10.8. The van der Waals surface area contributed by atoms with E-state index < -0.39 is 9.05 Å². The second-order valence-corrected chi connectivity index (χ2v) is 6.58. The van der Waals surface area contributed by atoms with Crippen LogP contribution >= 0.6 is 10.7 Å². The molecule has 0 aromatic heterocycles. The average Bonchev–Trinajstić information content (AvgIpc) is 2.45. The monoisotopic (exact) mass is 307 g/mol. The number of ether oxygens (including phenoxy) is 1. The van der Waals surface area contributed by atoms with Crippen molar-refractivity contribution in [1.29, 1.82) is 5.26 Å². The molecule has 0 atom stereocenters. The van der Waals surface area contributed by atoms with Crippen LogP contribution < -0.4 is 4.74 Å². The Morgan fingerprint density at radius 1 is 1.15 bits per heavy atom. The van der Waals surface area contributed by atoms with E-state index in [4.69, 9.17) is 20.7 Å². The van der Waals surface area contributed by atoms with Crippen molar-refractivity contribution in [2.24, 2.45) is 0 Å². The van der Waals surface area contributed by atoms with E-state index in [1.54, 1.807) is 0 Å². The van der Waals surface area contributed by atoms with Crippen molar-refractivity contribution in [2.75, 3.05) is 0 Å². The molecular weight excluding hydrogens is 298 g/mol. The average molecular weight is 308 g/mol. The molecule has 0 aliphatic heterocycles. The van der Waals surface area contributed by atoms with Gasteiger partial charge in [0.25, 0.3) is 9.05 Å². The van der Waals surface area contributed by atoms with Gasteiger partial charge in [-0.25, -0.2) is 8.42 Å². The molecule has 2 rings (SSSR count). The maximum atomic E-state index is 11.3. The molecular formula is C14H10ClNO3S. The van der Waals surface area contributed by atoms with E-state index >= 15 is 0 Å². The molecule has 0 N–H and O–H groups in total. The molecule has 0 aliphatic carbocycles. The smallest absolute Gasteiger partial charge is 0.261 e. The fourth-order valence-electron chi connectivity index (χ4n) is 1.60. The van der Waals surface area contributed by atoms with Gasteiger partial charge in [0.1, 0.15) is 12.4 Å². The zero-order chi connectivity index (χ0) is 14.6. The van der Waals surface area contributed by atoms with E-state index in [1.165, 1.54) is 18.2 Å². The SMILES string of the molecule is N#Cc1cc(OCc2ccccc2)cc(S(=O)(=O)Cl)c1. The Morgan fingerprint density at radius 2 is 1.85 bits per heavy atom. The second kappa shape index (κ2) is 5.95. The summed E-state index contributed by atoms with van der Waals surface area (Å²) in [6.45, 7) is 0.275. The lowest BCUT2D eigenvalue weighted by molar-refractivity contribution is 0.305. The highest BCUT2D eigenvalue weighted by molar-refractivity contribution is 8.13. The molecule has 0 saturated carbocycles. The summed E-state index contributed by atoms with van der Waals surface area (Å²) >= 11 is 0. The number of rotatable bonds is 4. The van der Waals surface area contributed by atoms with Crippen LogP contribution in [0.4, 0.5) is 0 Å². The zero-order valence-corrected chi connectivity index (χ0v) is 11.9. The molecule has 102 valence electrons. The Balaban J connectivity index is 2.26. The lowest BCUT2D eigenvalue weighted by atomic mass is 10.2. The van der Waals surface area contributed by atoms with Gasteiger partial charge in [0.15, 0.2) is 0 Å². The van der Waals surface area contributed by atoms with Crippen molar-refractivity contribution in [1.82, 2.24) is 0 Å². The third kappa shape index (κ3) is 3.73. The molecule has 0 radical (unpaired) electrons. The summed E-state index contributed by atoms with van der Waals surface area (Å²) < 4.78 is 28.2. The summed E-state index contributed by atoms with van der Waals surface area (Å²) in [5.74, 6) is 0.284. The maximum absolute atomic E-state index is 11.3. The van der Waals surface area contributed by atoms with Crippen molar-refractivity contribution in [3.63, 3.8) is 0 Å². The second-order valence-electron chi connectivity index (χ2n) is 4.02. The third-order valence-electron chi connectivity index (χ3n) is 2.54. The minimum Gasteiger partial charge on any atom is -0.489 e. The lowest BCUT2D eigenvalue weighted by Crippen LogP contribution is -1.98. The molecule has 0 aliphatic rings. The number of benzene rings is 2. The predicted octanol–water partition coefficient (Wildman–Crippen LogP) is 3.06. The Hall–Kier alpha value is -2.03. The molecule has 0 bridgehead atoms. The predicted molar refractivity (Wildman–Crippen MR) is 75.0 cm³/mol.